The molecule has 5 unspecified atom stereocenters. The molecule has 0 bridgehead atoms. The van der Waals surface area contributed by atoms with Gasteiger partial charge in [-0.2, -0.15) is 0 Å². The van der Waals surface area contributed by atoms with Gasteiger partial charge >= 0.3 is 5.97 Å². The van der Waals surface area contributed by atoms with E-state index in [1.54, 1.807) is 6.92 Å². The van der Waals surface area contributed by atoms with Gasteiger partial charge in [0, 0.05) is 12.8 Å². The summed E-state index contributed by atoms with van der Waals surface area (Å²) < 4.78 is 0. The Bertz CT molecular complexity index is 756. The fourth-order valence-electron chi connectivity index (χ4n) is 8.61. The molecule has 9 atom stereocenters. The Hall–Kier alpha value is -1.16. The first-order valence-corrected chi connectivity index (χ1v) is 12.7. The van der Waals surface area contributed by atoms with Crippen molar-refractivity contribution in [2.45, 2.75) is 98.0 Å². The zero-order valence-corrected chi connectivity index (χ0v) is 19.9. The lowest BCUT2D eigenvalue weighted by Crippen LogP contribution is -2.50. The number of aliphatic hydroxyl groups excluding tert-OH is 1. The minimum absolute atomic E-state index is 0.171. The number of allylic oxidation sites excluding steroid dienone is 2. The van der Waals surface area contributed by atoms with Crippen molar-refractivity contribution >= 4 is 11.8 Å². The Morgan fingerprint density at radius 3 is 2.65 bits per heavy atom. The van der Waals surface area contributed by atoms with Gasteiger partial charge in [0.1, 0.15) is 5.78 Å². The molecule has 0 saturated heterocycles. The Kier molecular flexibility index (Phi) is 6.17. The largest absolute Gasteiger partial charge is 0.481 e. The van der Waals surface area contributed by atoms with Crippen LogP contribution in [0.1, 0.15) is 91.9 Å². The second-order valence-electron chi connectivity index (χ2n) is 12.0. The summed E-state index contributed by atoms with van der Waals surface area (Å²) in [6.45, 7) is 8.93. The van der Waals surface area contributed by atoms with E-state index < -0.39 is 5.97 Å². The van der Waals surface area contributed by atoms with E-state index >= 15 is 0 Å². The maximum atomic E-state index is 12.1. The molecular formula is C27H42O4. The van der Waals surface area contributed by atoms with Gasteiger partial charge < -0.3 is 10.2 Å². The molecule has 4 nitrogen and oxygen atoms in total. The Balaban J connectivity index is 1.49. The van der Waals surface area contributed by atoms with Crippen LogP contribution < -0.4 is 0 Å². The molecule has 174 valence electrons. The maximum absolute atomic E-state index is 12.1. The molecule has 0 heterocycles. The first kappa shape index (κ1) is 23.0. The molecule has 0 amide bonds. The van der Waals surface area contributed by atoms with Gasteiger partial charge in [0.05, 0.1) is 12.0 Å². The van der Waals surface area contributed by atoms with E-state index in [-0.39, 0.29) is 22.9 Å². The number of carbonyl (C=O) groups excluding carboxylic acids is 1. The molecule has 2 N–H and O–H groups in total. The number of ketones is 1. The van der Waals surface area contributed by atoms with Crippen molar-refractivity contribution in [3.8, 4) is 0 Å². The van der Waals surface area contributed by atoms with Gasteiger partial charge in [0.25, 0.3) is 0 Å². The Morgan fingerprint density at radius 2 is 1.94 bits per heavy atom. The molecule has 31 heavy (non-hydrogen) atoms. The van der Waals surface area contributed by atoms with Crippen LogP contribution in [0.3, 0.4) is 0 Å². The lowest BCUT2D eigenvalue weighted by molar-refractivity contribution is -0.141. The van der Waals surface area contributed by atoms with Crippen molar-refractivity contribution in [2.24, 2.45) is 46.3 Å². The summed E-state index contributed by atoms with van der Waals surface area (Å²) >= 11 is 0. The van der Waals surface area contributed by atoms with Crippen LogP contribution in [0.25, 0.3) is 0 Å². The summed E-state index contributed by atoms with van der Waals surface area (Å²) in [7, 11) is 0. The van der Waals surface area contributed by atoms with Crippen molar-refractivity contribution in [2.75, 3.05) is 0 Å². The number of carbonyl (C=O) groups is 2. The smallest absolute Gasteiger partial charge is 0.306 e. The van der Waals surface area contributed by atoms with E-state index in [1.165, 1.54) is 18.4 Å². The molecule has 4 aliphatic carbocycles. The zero-order valence-electron chi connectivity index (χ0n) is 19.9. The summed E-state index contributed by atoms with van der Waals surface area (Å²) in [6.07, 6.45) is 11.6. The van der Waals surface area contributed by atoms with Gasteiger partial charge in [-0.3, -0.25) is 9.59 Å². The lowest BCUT2D eigenvalue weighted by Gasteiger charge is -2.57. The molecule has 4 rings (SSSR count). The van der Waals surface area contributed by atoms with Crippen molar-refractivity contribution in [3.05, 3.63) is 11.6 Å². The third-order valence-corrected chi connectivity index (χ3v) is 10.4. The van der Waals surface area contributed by atoms with Crippen molar-refractivity contribution in [1.82, 2.24) is 0 Å². The molecule has 0 spiro atoms. The van der Waals surface area contributed by atoms with Gasteiger partial charge in [-0.15, -0.1) is 0 Å². The number of carboxylic acid groups (broad SMARTS) is 1. The fraction of sp³-hybridized carbons (Fsp3) is 0.852. The summed E-state index contributed by atoms with van der Waals surface area (Å²) in [5, 5.41) is 20.4. The van der Waals surface area contributed by atoms with Crippen LogP contribution in [0.4, 0.5) is 0 Å². The zero-order chi connectivity index (χ0) is 22.6. The standard InChI is InChI=1S/C27H42O4/c1-16(6-5-7-17(2)25(30)31)24-23(29)15-22-20-9-8-18-14-19(28)10-12-26(18,3)21(20)11-13-27(22,24)4/h8,16-17,20-24,29H,5-7,9-15H2,1-4H3,(H,30,31)/t16?,17-,20?,21?,22?,23?,24-,26-,27-/m0/s1. The minimum Gasteiger partial charge on any atom is -0.481 e. The number of fused-ring (bicyclic) bond motifs is 5. The van der Waals surface area contributed by atoms with Crippen LogP contribution in [0.2, 0.25) is 0 Å². The van der Waals surface area contributed by atoms with Crippen molar-refractivity contribution < 1.29 is 19.8 Å². The average Bonchev–Trinajstić information content (AvgIpc) is 2.98. The average molecular weight is 431 g/mol. The van der Waals surface area contributed by atoms with Crippen LogP contribution in [0, 0.1) is 46.3 Å². The SMILES string of the molecule is CC(CCC[C@H](C)C(=O)O)[C@H]1C(O)CC2C3CC=C4CC(=O)CC[C@]4(C)C3CC[C@@]21C. The highest BCUT2D eigenvalue weighted by molar-refractivity contribution is 5.82. The number of Topliss-reactive ketones (excluding diaryl/α,β-unsaturated/α-hetero) is 1. The monoisotopic (exact) mass is 430 g/mol. The molecule has 4 aliphatic rings. The predicted octanol–water partition coefficient (Wildman–Crippen LogP) is 5.63. The molecule has 3 fully saturated rings. The first-order chi connectivity index (χ1) is 14.6. The highest BCUT2D eigenvalue weighted by Gasteiger charge is 2.61. The number of aliphatic carboxylic acids is 1. The predicted molar refractivity (Wildman–Crippen MR) is 121 cm³/mol. The van der Waals surface area contributed by atoms with Gasteiger partial charge in [-0.05, 0) is 78.9 Å². The number of carboxylic acids is 1. The summed E-state index contributed by atoms with van der Waals surface area (Å²) in [5.41, 5.74) is 1.76. The third-order valence-electron chi connectivity index (χ3n) is 10.4. The Morgan fingerprint density at radius 1 is 1.19 bits per heavy atom. The number of hydrogen-bond acceptors (Lipinski definition) is 3. The highest BCUT2D eigenvalue weighted by Crippen LogP contribution is 2.67. The van der Waals surface area contributed by atoms with E-state index in [0.717, 1.165) is 44.9 Å². The summed E-state index contributed by atoms with van der Waals surface area (Å²) in [6, 6.07) is 0. The van der Waals surface area contributed by atoms with Gasteiger partial charge in [-0.25, -0.2) is 0 Å². The van der Waals surface area contributed by atoms with Crippen molar-refractivity contribution in [1.29, 1.82) is 0 Å². The van der Waals surface area contributed by atoms with E-state index in [0.29, 0.717) is 41.8 Å². The number of hydrogen-bond donors (Lipinski definition) is 2. The van der Waals surface area contributed by atoms with Gasteiger partial charge in [-0.1, -0.05) is 52.2 Å². The van der Waals surface area contributed by atoms with Gasteiger partial charge in [0.2, 0.25) is 0 Å². The van der Waals surface area contributed by atoms with E-state index in [9.17, 15) is 14.7 Å². The van der Waals surface area contributed by atoms with Gasteiger partial charge in [0.15, 0.2) is 0 Å². The van der Waals surface area contributed by atoms with Crippen LogP contribution in [-0.2, 0) is 9.59 Å². The first-order valence-electron chi connectivity index (χ1n) is 12.7. The Labute approximate surface area is 187 Å². The molecule has 3 saturated carbocycles. The topological polar surface area (TPSA) is 74.6 Å². The van der Waals surface area contributed by atoms with Crippen LogP contribution in [0.15, 0.2) is 11.6 Å². The minimum atomic E-state index is -0.707. The van der Waals surface area contributed by atoms with E-state index in [4.69, 9.17) is 5.11 Å². The molecule has 0 aromatic carbocycles. The maximum Gasteiger partial charge on any atom is 0.306 e. The third kappa shape index (κ3) is 3.81. The van der Waals surface area contributed by atoms with Crippen LogP contribution in [-0.4, -0.2) is 28.1 Å². The van der Waals surface area contributed by atoms with Crippen molar-refractivity contribution in [3.63, 3.8) is 0 Å². The summed E-state index contributed by atoms with van der Waals surface area (Å²) in [5.74, 6) is 1.97. The molecule has 0 aliphatic heterocycles. The number of rotatable bonds is 6. The second kappa shape index (κ2) is 8.32. The second-order valence-corrected chi connectivity index (χ2v) is 12.0. The summed E-state index contributed by atoms with van der Waals surface area (Å²) in [4.78, 5) is 23.2. The highest BCUT2D eigenvalue weighted by atomic mass is 16.4. The number of aliphatic hydroxyl groups is 1. The van der Waals surface area contributed by atoms with Crippen LogP contribution >= 0.6 is 0 Å². The van der Waals surface area contributed by atoms with E-state index in [1.807, 2.05) is 0 Å². The molecule has 0 aromatic heterocycles. The van der Waals surface area contributed by atoms with E-state index in [2.05, 4.69) is 26.8 Å². The normalized spacial score (nSPS) is 44.0. The fourth-order valence-corrected chi connectivity index (χ4v) is 8.61. The molecular weight excluding hydrogens is 388 g/mol. The molecule has 4 heteroatoms. The quantitative estimate of drug-likeness (QED) is 0.535. The lowest BCUT2D eigenvalue weighted by atomic mass is 9.47. The van der Waals surface area contributed by atoms with Crippen LogP contribution in [0.5, 0.6) is 0 Å². The molecule has 0 aromatic rings. The molecule has 0 radical (unpaired) electrons.